The van der Waals surface area contributed by atoms with E-state index in [4.69, 9.17) is 0 Å². The molecule has 0 heterocycles. The van der Waals surface area contributed by atoms with Crippen molar-refractivity contribution in [2.24, 2.45) is 0 Å². The molecule has 112 valence electrons. The third-order valence-electron chi connectivity index (χ3n) is 2.72. The van der Waals surface area contributed by atoms with Crippen LogP contribution in [0, 0.1) is 26.0 Å². The van der Waals surface area contributed by atoms with E-state index in [9.17, 15) is 29.4 Å². The van der Waals surface area contributed by atoms with Gasteiger partial charge in [-0.1, -0.05) is 6.07 Å². The molecule has 0 saturated heterocycles. The molecular weight excluding hydrogens is 297 g/mol. The Balaban J connectivity index is 2.34. The Labute approximate surface area is 122 Å². The largest absolute Gasteiger partial charge is 0.316 e. The lowest BCUT2D eigenvalue weighted by Crippen LogP contribution is -2.13. The van der Waals surface area contributed by atoms with Crippen LogP contribution in [0.1, 0.15) is 10.4 Å². The van der Waals surface area contributed by atoms with Crippen LogP contribution in [0.4, 0.5) is 21.5 Å². The van der Waals surface area contributed by atoms with Crippen molar-refractivity contribution in [3.8, 4) is 0 Å². The Hall–Kier alpha value is -3.36. The van der Waals surface area contributed by atoms with Gasteiger partial charge in [0, 0.05) is 11.6 Å². The molecule has 2 aromatic rings. The summed E-state index contributed by atoms with van der Waals surface area (Å²) in [5, 5.41) is 23.8. The summed E-state index contributed by atoms with van der Waals surface area (Å²) < 4.78 is 13.1. The summed E-state index contributed by atoms with van der Waals surface area (Å²) in [6.07, 6.45) is 0. The number of nitro benzene ring substituents is 2. The molecule has 9 heteroatoms. The molecule has 0 aliphatic heterocycles. The monoisotopic (exact) mass is 305 g/mol. The molecule has 0 fully saturated rings. The first-order valence-corrected chi connectivity index (χ1v) is 5.88. The second-order valence-electron chi connectivity index (χ2n) is 4.18. The van der Waals surface area contributed by atoms with E-state index < -0.39 is 32.9 Å². The molecule has 0 saturated carbocycles. The number of hydrogen-bond donors (Lipinski definition) is 1. The van der Waals surface area contributed by atoms with E-state index in [2.05, 4.69) is 5.32 Å². The quantitative estimate of drug-likeness (QED) is 0.688. The number of anilines is 1. The Bertz CT molecular complexity index is 778. The fourth-order valence-corrected chi connectivity index (χ4v) is 1.71. The third-order valence-corrected chi connectivity index (χ3v) is 2.72. The predicted molar refractivity (Wildman–Crippen MR) is 74.1 cm³/mol. The van der Waals surface area contributed by atoms with E-state index in [0.717, 1.165) is 30.3 Å². The number of nitrogens with zero attached hydrogens (tertiary/aromatic N) is 2. The fraction of sp³-hybridized carbons (Fsp3) is 0. The highest BCUT2D eigenvalue weighted by Crippen LogP contribution is 2.29. The maximum Gasteiger partial charge on any atom is 0.299 e. The van der Waals surface area contributed by atoms with Crippen LogP contribution >= 0.6 is 0 Å². The van der Waals surface area contributed by atoms with E-state index in [0.29, 0.717) is 0 Å². The van der Waals surface area contributed by atoms with Crippen molar-refractivity contribution in [3.63, 3.8) is 0 Å². The van der Waals surface area contributed by atoms with Crippen molar-refractivity contribution in [2.45, 2.75) is 0 Å². The summed E-state index contributed by atoms with van der Waals surface area (Å²) in [7, 11) is 0. The lowest BCUT2D eigenvalue weighted by molar-refractivity contribution is -0.393. The standard InChI is InChI=1S/C13H8FN3O5/c14-9-3-1-2-8(6-9)13(18)15-11-5-4-10(16(19)20)7-12(11)17(21)22/h1-7H,(H,15,18). The molecule has 2 aromatic carbocycles. The maximum atomic E-state index is 13.1. The number of amides is 1. The van der Waals surface area contributed by atoms with Crippen molar-refractivity contribution in [2.75, 3.05) is 5.32 Å². The van der Waals surface area contributed by atoms with Crippen molar-refractivity contribution < 1.29 is 19.0 Å². The van der Waals surface area contributed by atoms with Crippen LogP contribution in [0.25, 0.3) is 0 Å². The number of nitrogens with one attached hydrogen (secondary N) is 1. The topological polar surface area (TPSA) is 115 Å². The van der Waals surface area contributed by atoms with Gasteiger partial charge in [0.2, 0.25) is 0 Å². The Morgan fingerprint density at radius 1 is 1.05 bits per heavy atom. The Morgan fingerprint density at radius 2 is 1.77 bits per heavy atom. The zero-order valence-electron chi connectivity index (χ0n) is 10.9. The van der Waals surface area contributed by atoms with Crippen molar-refractivity contribution in [3.05, 3.63) is 74.1 Å². The van der Waals surface area contributed by atoms with Crippen LogP contribution < -0.4 is 5.32 Å². The second kappa shape index (κ2) is 5.95. The van der Waals surface area contributed by atoms with Gasteiger partial charge >= 0.3 is 0 Å². The number of non-ortho nitro benzene ring substituents is 1. The maximum absolute atomic E-state index is 13.1. The van der Waals surface area contributed by atoms with Crippen LogP contribution in [0.3, 0.4) is 0 Å². The molecular formula is C13H8FN3O5. The minimum atomic E-state index is -0.853. The number of carbonyl (C=O) groups excluding carboxylic acids is 1. The molecule has 0 unspecified atom stereocenters. The minimum absolute atomic E-state index is 0.0346. The Kier molecular flexibility index (Phi) is 4.07. The highest BCUT2D eigenvalue weighted by Gasteiger charge is 2.21. The lowest BCUT2D eigenvalue weighted by atomic mass is 10.2. The molecule has 0 atom stereocenters. The molecule has 8 nitrogen and oxygen atoms in total. The van der Waals surface area contributed by atoms with E-state index >= 15 is 0 Å². The average molecular weight is 305 g/mol. The first kappa shape index (κ1) is 15.0. The van der Waals surface area contributed by atoms with Gasteiger partial charge in [0.05, 0.1) is 15.9 Å². The number of carbonyl (C=O) groups is 1. The molecule has 0 aromatic heterocycles. The van der Waals surface area contributed by atoms with Gasteiger partial charge in [-0.25, -0.2) is 4.39 Å². The summed E-state index contributed by atoms with van der Waals surface area (Å²) in [5.74, 6) is -1.40. The van der Waals surface area contributed by atoms with Gasteiger partial charge in [-0.3, -0.25) is 25.0 Å². The van der Waals surface area contributed by atoms with E-state index in [1.54, 1.807) is 0 Å². The van der Waals surface area contributed by atoms with E-state index in [1.165, 1.54) is 12.1 Å². The molecule has 1 amide bonds. The third kappa shape index (κ3) is 3.20. The number of benzene rings is 2. The van der Waals surface area contributed by atoms with Gasteiger partial charge in [0.25, 0.3) is 17.3 Å². The second-order valence-corrected chi connectivity index (χ2v) is 4.18. The molecule has 0 radical (unpaired) electrons. The summed E-state index contributed by atoms with van der Waals surface area (Å²) in [5.41, 5.74) is -1.35. The van der Waals surface area contributed by atoms with Gasteiger partial charge in [0.15, 0.2) is 0 Å². The van der Waals surface area contributed by atoms with Crippen LogP contribution in [-0.2, 0) is 0 Å². The van der Waals surface area contributed by atoms with Crippen LogP contribution in [0.15, 0.2) is 42.5 Å². The van der Waals surface area contributed by atoms with Gasteiger partial charge < -0.3 is 5.32 Å². The minimum Gasteiger partial charge on any atom is -0.316 e. The number of halogens is 1. The van der Waals surface area contributed by atoms with E-state index in [-0.39, 0.29) is 11.3 Å². The number of hydrogen-bond acceptors (Lipinski definition) is 5. The fourth-order valence-electron chi connectivity index (χ4n) is 1.71. The number of nitro groups is 2. The summed E-state index contributed by atoms with van der Waals surface area (Å²) in [6, 6.07) is 7.56. The van der Waals surface area contributed by atoms with E-state index in [1.807, 2.05) is 0 Å². The van der Waals surface area contributed by atoms with Crippen LogP contribution in [0.2, 0.25) is 0 Å². The van der Waals surface area contributed by atoms with Crippen LogP contribution in [-0.4, -0.2) is 15.8 Å². The van der Waals surface area contributed by atoms with Gasteiger partial charge in [-0.15, -0.1) is 0 Å². The van der Waals surface area contributed by atoms with Crippen molar-refractivity contribution in [1.29, 1.82) is 0 Å². The lowest BCUT2D eigenvalue weighted by Gasteiger charge is -2.06. The van der Waals surface area contributed by atoms with Gasteiger partial charge in [-0.05, 0) is 24.3 Å². The van der Waals surface area contributed by atoms with Gasteiger partial charge in [-0.2, -0.15) is 0 Å². The smallest absolute Gasteiger partial charge is 0.299 e. The first-order valence-electron chi connectivity index (χ1n) is 5.88. The molecule has 2 rings (SSSR count). The first-order chi connectivity index (χ1) is 10.4. The Morgan fingerprint density at radius 3 is 2.36 bits per heavy atom. The normalized spacial score (nSPS) is 10.0. The van der Waals surface area contributed by atoms with Crippen molar-refractivity contribution in [1.82, 2.24) is 0 Å². The predicted octanol–water partition coefficient (Wildman–Crippen LogP) is 2.89. The number of rotatable bonds is 4. The summed E-state index contributed by atoms with van der Waals surface area (Å²) >= 11 is 0. The molecule has 0 aliphatic rings. The summed E-state index contributed by atoms with van der Waals surface area (Å²) in [6.45, 7) is 0. The van der Waals surface area contributed by atoms with Crippen molar-refractivity contribution >= 4 is 23.0 Å². The molecule has 0 bridgehead atoms. The van der Waals surface area contributed by atoms with Gasteiger partial charge in [0.1, 0.15) is 11.5 Å². The molecule has 0 spiro atoms. The molecule has 1 N–H and O–H groups in total. The highest BCUT2D eigenvalue weighted by molar-refractivity contribution is 6.05. The molecule has 22 heavy (non-hydrogen) atoms. The summed E-state index contributed by atoms with van der Waals surface area (Å²) in [4.78, 5) is 31.8. The average Bonchev–Trinajstić information content (AvgIpc) is 2.47. The zero-order chi connectivity index (χ0) is 16.3. The molecule has 0 aliphatic carbocycles. The highest BCUT2D eigenvalue weighted by atomic mass is 19.1. The van der Waals surface area contributed by atoms with Crippen LogP contribution in [0.5, 0.6) is 0 Å². The SMILES string of the molecule is O=C(Nc1ccc([N+](=O)[O-])cc1[N+](=O)[O-])c1cccc(F)c1. The zero-order valence-corrected chi connectivity index (χ0v) is 10.9.